The molecule has 1 unspecified atom stereocenters. The van der Waals surface area contributed by atoms with E-state index in [4.69, 9.17) is 5.73 Å². The van der Waals surface area contributed by atoms with Gasteiger partial charge in [-0.05, 0) is 30.2 Å². The van der Waals surface area contributed by atoms with Crippen LogP contribution in [0, 0.1) is 0 Å². The molecule has 2 N–H and O–H groups in total. The monoisotopic (exact) mass is 176 g/mol. The van der Waals surface area contributed by atoms with Gasteiger partial charge in [0.2, 0.25) is 0 Å². The Kier molecular flexibility index (Phi) is 1.98. The van der Waals surface area contributed by atoms with E-state index >= 15 is 0 Å². The molecule has 2 aromatic rings. The van der Waals surface area contributed by atoms with E-state index in [1.807, 2.05) is 12.3 Å². The second kappa shape index (κ2) is 3.14. The first kappa shape index (κ1) is 8.19. The van der Waals surface area contributed by atoms with Crippen molar-refractivity contribution < 1.29 is 0 Å². The number of rotatable bonds is 2. The van der Waals surface area contributed by atoms with Crippen LogP contribution >= 0.6 is 0 Å². The number of nitrogens with two attached hydrogens (primary N) is 1. The molecular formula is C9H12N4. The Morgan fingerprint density at radius 3 is 3.23 bits per heavy atom. The fraction of sp³-hybridized carbons (Fsp3) is 0.333. The third kappa shape index (κ3) is 1.40. The number of hydrogen-bond donors (Lipinski definition) is 1. The first-order chi connectivity index (χ1) is 6.31. The summed E-state index contributed by atoms with van der Waals surface area (Å²) in [6.07, 6.45) is 3.65. The first-order valence-corrected chi connectivity index (χ1v) is 4.31. The zero-order valence-electron chi connectivity index (χ0n) is 7.51. The highest BCUT2D eigenvalue weighted by atomic mass is 15.4. The summed E-state index contributed by atoms with van der Waals surface area (Å²) in [5, 5.41) is 7.69. The van der Waals surface area contributed by atoms with Gasteiger partial charge in [0.1, 0.15) is 0 Å². The predicted molar refractivity (Wildman–Crippen MR) is 50.5 cm³/mol. The van der Waals surface area contributed by atoms with Crippen LogP contribution in [-0.4, -0.2) is 21.4 Å². The summed E-state index contributed by atoms with van der Waals surface area (Å²) < 4.78 is 1.74. The van der Waals surface area contributed by atoms with Gasteiger partial charge in [-0.2, -0.15) is 0 Å². The topological polar surface area (TPSA) is 56.2 Å². The lowest BCUT2D eigenvalue weighted by atomic mass is 10.0. The molecule has 4 nitrogen and oxygen atoms in total. The van der Waals surface area contributed by atoms with Crippen molar-refractivity contribution in [2.75, 3.05) is 6.54 Å². The van der Waals surface area contributed by atoms with E-state index in [0.29, 0.717) is 12.5 Å². The van der Waals surface area contributed by atoms with E-state index in [0.717, 1.165) is 5.52 Å². The maximum absolute atomic E-state index is 5.59. The fourth-order valence-electron chi connectivity index (χ4n) is 1.29. The molecule has 2 aromatic heterocycles. The zero-order chi connectivity index (χ0) is 9.26. The molecule has 0 saturated carbocycles. The summed E-state index contributed by atoms with van der Waals surface area (Å²) in [5.74, 6) is 0.389. The van der Waals surface area contributed by atoms with Crippen LogP contribution in [0.2, 0.25) is 0 Å². The van der Waals surface area contributed by atoms with E-state index in [1.165, 1.54) is 5.56 Å². The molecule has 0 radical (unpaired) electrons. The maximum atomic E-state index is 5.59. The maximum Gasteiger partial charge on any atom is 0.0867 e. The quantitative estimate of drug-likeness (QED) is 0.736. The van der Waals surface area contributed by atoms with E-state index in [-0.39, 0.29) is 0 Å². The van der Waals surface area contributed by atoms with Crippen molar-refractivity contribution in [1.29, 1.82) is 0 Å². The van der Waals surface area contributed by atoms with Crippen molar-refractivity contribution in [3.63, 3.8) is 0 Å². The van der Waals surface area contributed by atoms with Crippen LogP contribution in [0.15, 0.2) is 24.5 Å². The molecule has 0 aliphatic heterocycles. The van der Waals surface area contributed by atoms with Gasteiger partial charge in [-0.15, -0.1) is 5.10 Å². The zero-order valence-corrected chi connectivity index (χ0v) is 7.51. The van der Waals surface area contributed by atoms with Gasteiger partial charge < -0.3 is 5.73 Å². The highest BCUT2D eigenvalue weighted by Gasteiger charge is 2.03. The van der Waals surface area contributed by atoms with Crippen LogP contribution in [0.25, 0.3) is 5.52 Å². The molecular weight excluding hydrogens is 164 g/mol. The minimum absolute atomic E-state index is 0.389. The summed E-state index contributed by atoms with van der Waals surface area (Å²) in [7, 11) is 0. The Bertz CT molecular complexity index is 407. The Morgan fingerprint density at radius 1 is 1.62 bits per heavy atom. The number of hydrogen-bond acceptors (Lipinski definition) is 3. The molecule has 0 spiro atoms. The summed E-state index contributed by atoms with van der Waals surface area (Å²) in [4.78, 5) is 0. The van der Waals surface area contributed by atoms with Gasteiger partial charge in [-0.3, -0.25) is 0 Å². The highest BCUT2D eigenvalue weighted by Crippen LogP contribution is 2.14. The highest BCUT2D eigenvalue weighted by molar-refractivity contribution is 5.46. The number of pyridine rings is 1. The third-order valence-corrected chi connectivity index (χ3v) is 2.25. The second-order valence-corrected chi connectivity index (χ2v) is 3.20. The van der Waals surface area contributed by atoms with E-state index in [9.17, 15) is 0 Å². The van der Waals surface area contributed by atoms with E-state index < -0.39 is 0 Å². The molecule has 4 heteroatoms. The lowest BCUT2D eigenvalue weighted by molar-refractivity contribution is 0.768. The van der Waals surface area contributed by atoms with Gasteiger partial charge in [0.05, 0.1) is 11.7 Å². The van der Waals surface area contributed by atoms with Crippen LogP contribution in [0.4, 0.5) is 0 Å². The number of aromatic nitrogens is 3. The van der Waals surface area contributed by atoms with Crippen molar-refractivity contribution in [1.82, 2.24) is 14.8 Å². The smallest absolute Gasteiger partial charge is 0.0867 e. The molecule has 13 heavy (non-hydrogen) atoms. The molecule has 0 aliphatic carbocycles. The molecule has 1 atom stereocenters. The average Bonchev–Trinajstić information content (AvgIpc) is 2.63. The van der Waals surface area contributed by atoms with Gasteiger partial charge in [0.15, 0.2) is 0 Å². The third-order valence-electron chi connectivity index (χ3n) is 2.25. The van der Waals surface area contributed by atoms with E-state index in [2.05, 4.69) is 23.3 Å². The second-order valence-electron chi connectivity index (χ2n) is 3.20. The summed E-state index contributed by atoms with van der Waals surface area (Å²) in [5.41, 5.74) is 7.83. The first-order valence-electron chi connectivity index (χ1n) is 4.31. The van der Waals surface area contributed by atoms with Crippen LogP contribution in [0.5, 0.6) is 0 Å². The molecule has 0 amide bonds. The largest absolute Gasteiger partial charge is 0.330 e. The Labute approximate surface area is 76.4 Å². The summed E-state index contributed by atoms with van der Waals surface area (Å²) in [6.45, 7) is 2.77. The molecule has 0 saturated heterocycles. The molecule has 0 aliphatic rings. The van der Waals surface area contributed by atoms with E-state index in [1.54, 1.807) is 10.7 Å². The number of nitrogens with zero attached hydrogens (tertiary/aromatic N) is 3. The van der Waals surface area contributed by atoms with Crippen molar-refractivity contribution in [3.05, 3.63) is 30.1 Å². The molecule has 0 aromatic carbocycles. The van der Waals surface area contributed by atoms with Crippen molar-refractivity contribution >= 4 is 5.52 Å². The van der Waals surface area contributed by atoms with Crippen LogP contribution in [0.3, 0.4) is 0 Å². The molecule has 68 valence electrons. The average molecular weight is 176 g/mol. The minimum Gasteiger partial charge on any atom is -0.330 e. The van der Waals surface area contributed by atoms with Gasteiger partial charge in [0, 0.05) is 6.20 Å². The predicted octanol–water partition coefficient (Wildman–Crippen LogP) is 0.792. The van der Waals surface area contributed by atoms with Gasteiger partial charge in [0.25, 0.3) is 0 Å². The van der Waals surface area contributed by atoms with Crippen molar-refractivity contribution in [3.8, 4) is 0 Å². The van der Waals surface area contributed by atoms with Gasteiger partial charge in [-0.1, -0.05) is 12.1 Å². The molecule has 0 fully saturated rings. The van der Waals surface area contributed by atoms with Crippen molar-refractivity contribution in [2.45, 2.75) is 12.8 Å². The Balaban J connectivity index is 2.48. The molecule has 0 bridgehead atoms. The summed E-state index contributed by atoms with van der Waals surface area (Å²) >= 11 is 0. The lowest BCUT2D eigenvalue weighted by Crippen LogP contribution is -2.09. The number of fused-ring (bicyclic) bond motifs is 1. The normalized spacial score (nSPS) is 13.4. The standard InChI is InChI=1S/C9H12N4/c1-7(5-10)8-2-3-13-9(4-8)6-11-12-13/h2-4,6-7H,5,10H2,1H3. The molecule has 2 rings (SSSR count). The minimum atomic E-state index is 0.389. The van der Waals surface area contributed by atoms with Crippen molar-refractivity contribution in [2.24, 2.45) is 5.73 Å². The molecule has 2 heterocycles. The van der Waals surface area contributed by atoms with Gasteiger partial charge >= 0.3 is 0 Å². The SMILES string of the molecule is CC(CN)c1ccn2nncc2c1. The fourth-order valence-corrected chi connectivity index (χ4v) is 1.29. The Hall–Kier alpha value is -1.42. The van der Waals surface area contributed by atoms with Crippen LogP contribution in [0.1, 0.15) is 18.4 Å². The Morgan fingerprint density at radius 2 is 2.46 bits per heavy atom. The van der Waals surface area contributed by atoms with Crippen LogP contribution < -0.4 is 5.73 Å². The summed E-state index contributed by atoms with van der Waals surface area (Å²) in [6, 6.07) is 4.09. The van der Waals surface area contributed by atoms with Gasteiger partial charge in [-0.25, -0.2) is 4.52 Å². The van der Waals surface area contributed by atoms with Crippen LogP contribution in [-0.2, 0) is 0 Å². The lowest BCUT2D eigenvalue weighted by Gasteiger charge is -2.07.